The highest BCUT2D eigenvalue weighted by Crippen LogP contribution is 2.36. The molecule has 0 aliphatic carbocycles. The largest absolute Gasteiger partial charge is 0.493 e. The molecule has 1 aliphatic rings. The Labute approximate surface area is 194 Å². The van der Waals surface area contributed by atoms with Crippen molar-refractivity contribution in [1.29, 1.82) is 0 Å². The van der Waals surface area contributed by atoms with Gasteiger partial charge in [-0.3, -0.25) is 4.79 Å². The molecule has 0 bridgehead atoms. The van der Waals surface area contributed by atoms with Gasteiger partial charge in [-0.1, -0.05) is 17.7 Å². The molecule has 0 saturated carbocycles. The summed E-state index contributed by atoms with van der Waals surface area (Å²) in [6, 6.07) is 8.06. The van der Waals surface area contributed by atoms with Gasteiger partial charge in [-0.2, -0.15) is 0 Å². The monoisotopic (exact) mass is 478 g/mol. The molecule has 0 amide bonds. The Morgan fingerprint density at radius 2 is 2.16 bits per heavy atom. The highest BCUT2D eigenvalue weighted by Gasteiger charge is 2.41. The fourth-order valence-electron chi connectivity index (χ4n) is 3.74. The zero-order chi connectivity index (χ0) is 22.7. The summed E-state index contributed by atoms with van der Waals surface area (Å²) in [6.07, 6.45) is 2.86. The van der Waals surface area contributed by atoms with Gasteiger partial charge in [0, 0.05) is 11.5 Å². The number of aromatic nitrogens is 2. The van der Waals surface area contributed by atoms with Crippen LogP contribution in [0.15, 0.2) is 36.7 Å². The fraction of sp³-hybridized carbons (Fsp3) is 0.318. The van der Waals surface area contributed by atoms with Crippen LogP contribution in [0.4, 0.5) is 15.9 Å². The number of nitrogens with zero attached hydrogens (tertiary/aromatic N) is 2. The lowest BCUT2D eigenvalue weighted by molar-refractivity contribution is -0.123. The molecule has 2 heterocycles. The van der Waals surface area contributed by atoms with Crippen LogP contribution in [-0.2, 0) is 4.79 Å². The molecule has 10 heteroatoms. The number of methoxy groups -OCH3 is 1. The van der Waals surface area contributed by atoms with Gasteiger partial charge >= 0.3 is 0 Å². The van der Waals surface area contributed by atoms with Gasteiger partial charge in [0.05, 0.1) is 29.2 Å². The Hall–Kier alpha value is -2.68. The van der Waals surface area contributed by atoms with Crippen molar-refractivity contribution in [3.8, 4) is 11.5 Å². The van der Waals surface area contributed by atoms with Crippen molar-refractivity contribution in [2.24, 2.45) is 0 Å². The van der Waals surface area contributed by atoms with E-state index in [0.717, 1.165) is 6.42 Å². The van der Waals surface area contributed by atoms with Crippen LogP contribution in [0, 0.1) is 5.82 Å². The first-order valence-electron chi connectivity index (χ1n) is 9.98. The summed E-state index contributed by atoms with van der Waals surface area (Å²) in [5.41, 5.74) is -0.0859. The lowest BCUT2D eigenvalue weighted by Crippen LogP contribution is -2.53. The van der Waals surface area contributed by atoms with Crippen LogP contribution in [0.3, 0.4) is 0 Å². The average Bonchev–Trinajstić information content (AvgIpc) is 3.30. The van der Waals surface area contributed by atoms with E-state index in [9.17, 15) is 9.18 Å². The predicted molar refractivity (Wildman–Crippen MR) is 122 cm³/mol. The predicted octanol–water partition coefficient (Wildman–Crippen LogP) is 4.48. The van der Waals surface area contributed by atoms with Crippen LogP contribution in [0.1, 0.15) is 12.8 Å². The summed E-state index contributed by atoms with van der Waals surface area (Å²) in [5.74, 6) is 0.424. The van der Waals surface area contributed by atoms with Crippen molar-refractivity contribution in [2.45, 2.75) is 18.4 Å². The smallest absolute Gasteiger partial charge is 0.171 e. The first kappa shape index (κ1) is 22.5. The third-order valence-electron chi connectivity index (χ3n) is 5.50. The molecule has 1 aliphatic heterocycles. The number of ketones is 1. The first-order valence-corrected chi connectivity index (χ1v) is 10.9. The summed E-state index contributed by atoms with van der Waals surface area (Å²) in [4.78, 5) is 21.0. The molecule has 2 N–H and O–H groups in total. The minimum absolute atomic E-state index is 0.00243. The molecular formula is C22H21Cl2FN4O3. The van der Waals surface area contributed by atoms with Gasteiger partial charge in [0.2, 0.25) is 0 Å². The lowest BCUT2D eigenvalue weighted by atomic mass is 9.94. The van der Waals surface area contributed by atoms with Gasteiger partial charge in [0.25, 0.3) is 0 Å². The molecule has 0 radical (unpaired) electrons. The number of alkyl halides is 1. The van der Waals surface area contributed by atoms with Crippen molar-refractivity contribution < 1.29 is 18.7 Å². The van der Waals surface area contributed by atoms with Gasteiger partial charge in [0.1, 0.15) is 24.3 Å². The SMILES string of the molecule is COc1cc2ncnc(Nc3cccc(Cl)c3F)c2cc1OC[C@]1(C(=O)CCl)CCCN1. The van der Waals surface area contributed by atoms with Crippen molar-refractivity contribution in [1.82, 2.24) is 15.3 Å². The van der Waals surface area contributed by atoms with Crippen LogP contribution in [0.2, 0.25) is 5.02 Å². The summed E-state index contributed by atoms with van der Waals surface area (Å²) in [5, 5.41) is 6.77. The van der Waals surface area contributed by atoms with Gasteiger partial charge < -0.3 is 20.1 Å². The van der Waals surface area contributed by atoms with Crippen LogP contribution in [0.5, 0.6) is 11.5 Å². The number of hydrogen-bond donors (Lipinski definition) is 2. The van der Waals surface area contributed by atoms with Crippen molar-refractivity contribution in [3.05, 3.63) is 47.5 Å². The molecule has 4 rings (SSSR count). The Bertz CT molecular complexity index is 1160. The maximum Gasteiger partial charge on any atom is 0.171 e. The normalized spacial score (nSPS) is 18.0. The van der Waals surface area contributed by atoms with E-state index in [0.29, 0.717) is 41.2 Å². The highest BCUT2D eigenvalue weighted by atomic mass is 35.5. The number of hydrogen-bond acceptors (Lipinski definition) is 7. The number of carbonyl (C=O) groups excluding carboxylic acids is 1. The van der Waals surface area contributed by atoms with E-state index in [2.05, 4.69) is 20.6 Å². The third kappa shape index (κ3) is 4.30. The Kier molecular flexibility index (Phi) is 6.64. The number of Topliss-reactive ketones (excluding diaryl/α,β-unsaturated/α-hetero) is 1. The number of halogens is 3. The minimum atomic E-state index is -0.833. The topological polar surface area (TPSA) is 85.4 Å². The standard InChI is InChI=1S/C22H21Cl2FN4O3/c1-31-17-9-16-13(8-18(17)32-11-22(19(30)10-23)6-3-7-28-22)21(27-12-26-16)29-15-5-2-4-14(24)20(15)25/h2,4-5,8-9,12,28H,3,6-7,10-11H2,1H3,(H,26,27,29)/t22-/m0/s1. The molecule has 32 heavy (non-hydrogen) atoms. The quantitative estimate of drug-likeness (QED) is 0.461. The molecule has 1 aromatic heterocycles. The zero-order valence-electron chi connectivity index (χ0n) is 17.3. The molecule has 1 atom stereocenters. The number of nitrogens with one attached hydrogen (secondary N) is 2. The molecule has 0 unspecified atom stereocenters. The molecule has 0 spiro atoms. The van der Waals surface area contributed by atoms with Crippen LogP contribution in [0.25, 0.3) is 10.9 Å². The highest BCUT2D eigenvalue weighted by molar-refractivity contribution is 6.31. The van der Waals surface area contributed by atoms with Crippen molar-refractivity contribution >= 4 is 51.4 Å². The van der Waals surface area contributed by atoms with E-state index in [1.54, 1.807) is 24.3 Å². The second kappa shape index (κ2) is 9.44. The lowest BCUT2D eigenvalue weighted by Gasteiger charge is -2.27. The Balaban J connectivity index is 1.69. The number of rotatable bonds is 8. The molecule has 168 valence electrons. The maximum absolute atomic E-state index is 14.4. The third-order valence-corrected chi connectivity index (χ3v) is 6.03. The summed E-state index contributed by atoms with van der Waals surface area (Å²) >= 11 is 11.7. The first-order chi connectivity index (χ1) is 15.5. The van der Waals surface area contributed by atoms with Crippen LogP contribution in [-0.4, -0.2) is 47.4 Å². The minimum Gasteiger partial charge on any atom is -0.493 e. The number of carbonyl (C=O) groups is 1. The van der Waals surface area contributed by atoms with Gasteiger partial charge in [0.15, 0.2) is 23.1 Å². The summed E-state index contributed by atoms with van der Waals surface area (Å²) < 4.78 is 25.9. The molecule has 7 nitrogen and oxygen atoms in total. The zero-order valence-corrected chi connectivity index (χ0v) is 18.8. The maximum atomic E-state index is 14.4. The number of fused-ring (bicyclic) bond motifs is 1. The number of benzene rings is 2. The van der Waals surface area contributed by atoms with E-state index in [4.69, 9.17) is 32.7 Å². The Morgan fingerprint density at radius 1 is 1.31 bits per heavy atom. The fourth-order valence-corrected chi connectivity index (χ4v) is 4.17. The van der Waals surface area contributed by atoms with E-state index in [-0.39, 0.29) is 29.0 Å². The van der Waals surface area contributed by atoms with E-state index in [1.165, 1.54) is 19.5 Å². The van der Waals surface area contributed by atoms with Crippen molar-refractivity contribution in [2.75, 3.05) is 31.5 Å². The van der Waals surface area contributed by atoms with E-state index >= 15 is 0 Å². The van der Waals surface area contributed by atoms with Gasteiger partial charge in [-0.25, -0.2) is 14.4 Å². The summed E-state index contributed by atoms with van der Waals surface area (Å²) in [7, 11) is 1.52. The second-order valence-electron chi connectivity index (χ2n) is 7.43. The van der Waals surface area contributed by atoms with Gasteiger partial charge in [-0.05, 0) is 37.6 Å². The molecule has 1 saturated heterocycles. The van der Waals surface area contributed by atoms with Gasteiger partial charge in [-0.15, -0.1) is 11.6 Å². The average molecular weight is 479 g/mol. The molecule has 3 aromatic rings. The number of anilines is 2. The summed E-state index contributed by atoms with van der Waals surface area (Å²) in [6.45, 7) is 0.813. The van der Waals surface area contributed by atoms with Crippen molar-refractivity contribution in [3.63, 3.8) is 0 Å². The Morgan fingerprint density at radius 3 is 2.88 bits per heavy atom. The molecule has 1 fully saturated rings. The number of ether oxygens (including phenoxy) is 2. The second-order valence-corrected chi connectivity index (χ2v) is 8.10. The van der Waals surface area contributed by atoms with Crippen LogP contribution >= 0.6 is 23.2 Å². The molecular weight excluding hydrogens is 458 g/mol. The van der Waals surface area contributed by atoms with E-state index < -0.39 is 11.4 Å². The molecule has 2 aromatic carbocycles. The van der Waals surface area contributed by atoms with E-state index in [1.807, 2.05) is 0 Å². The van der Waals surface area contributed by atoms with Crippen LogP contribution < -0.4 is 20.1 Å².